The Hall–Kier alpha value is -2.75. The molecular formula is C16H9O4-. The summed E-state index contributed by atoms with van der Waals surface area (Å²) in [5.74, 6) is -1.85. The molecule has 0 saturated carbocycles. The van der Waals surface area contributed by atoms with E-state index in [0.717, 1.165) is 0 Å². The summed E-state index contributed by atoms with van der Waals surface area (Å²) in [6.07, 6.45) is -0.385. The number of carbonyl (C=O) groups is 3. The average molecular weight is 265 g/mol. The van der Waals surface area contributed by atoms with Gasteiger partial charge in [-0.2, -0.15) is 0 Å². The Morgan fingerprint density at radius 1 is 0.850 bits per heavy atom. The minimum absolute atomic E-state index is 0.181. The molecule has 3 rings (SSSR count). The fourth-order valence-electron chi connectivity index (χ4n) is 2.52. The van der Waals surface area contributed by atoms with Gasteiger partial charge in [-0.1, -0.05) is 42.5 Å². The van der Waals surface area contributed by atoms with E-state index in [0.29, 0.717) is 16.7 Å². The summed E-state index contributed by atoms with van der Waals surface area (Å²) in [5, 5.41) is 10.8. The first-order valence-electron chi connectivity index (χ1n) is 6.09. The predicted octanol–water partition coefficient (Wildman–Crippen LogP) is 0.754. The Balaban J connectivity index is 2.25. The molecule has 0 heterocycles. The molecule has 0 saturated heterocycles. The molecule has 0 atom stereocenters. The molecule has 2 aromatic carbocycles. The van der Waals surface area contributed by atoms with E-state index in [1.54, 1.807) is 36.4 Å². The highest BCUT2D eigenvalue weighted by atomic mass is 16.4. The van der Waals surface area contributed by atoms with Crippen LogP contribution in [0, 0.1) is 0 Å². The third kappa shape index (κ3) is 1.73. The van der Waals surface area contributed by atoms with Crippen LogP contribution in [0.1, 0.15) is 37.4 Å². The van der Waals surface area contributed by atoms with E-state index in [-0.39, 0.29) is 29.1 Å². The summed E-state index contributed by atoms with van der Waals surface area (Å²) in [6.45, 7) is 0. The molecule has 4 nitrogen and oxygen atoms in total. The van der Waals surface area contributed by atoms with Crippen LogP contribution in [0.3, 0.4) is 0 Å². The molecule has 4 heteroatoms. The molecule has 0 aromatic heterocycles. The van der Waals surface area contributed by atoms with Crippen molar-refractivity contribution in [2.45, 2.75) is 6.42 Å². The van der Waals surface area contributed by atoms with Crippen molar-refractivity contribution in [3.8, 4) is 0 Å². The average Bonchev–Trinajstić information content (AvgIpc) is 2.44. The van der Waals surface area contributed by atoms with E-state index in [4.69, 9.17) is 0 Å². The Morgan fingerprint density at radius 3 is 2.10 bits per heavy atom. The van der Waals surface area contributed by atoms with Gasteiger partial charge in [0.25, 0.3) is 0 Å². The van der Waals surface area contributed by atoms with E-state index in [9.17, 15) is 19.5 Å². The maximum absolute atomic E-state index is 12.5. The number of hydrogen-bond acceptors (Lipinski definition) is 4. The maximum atomic E-state index is 12.5. The molecule has 0 bridgehead atoms. The predicted molar refractivity (Wildman–Crippen MR) is 68.5 cm³/mol. The van der Waals surface area contributed by atoms with Gasteiger partial charge in [-0.15, -0.1) is 0 Å². The van der Waals surface area contributed by atoms with Gasteiger partial charge in [-0.05, 0) is 5.56 Å². The molecule has 1 aliphatic carbocycles. The minimum atomic E-state index is -1.28. The van der Waals surface area contributed by atoms with Gasteiger partial charge in [0.1, 0.15) is 0 Å². The van der Waals surface area contributed by atoms with Crippen molar-refractivity contribution in [2.75, 3.05) is 0 Å². The van der Waals surface area contributed by atoms with Gasteiger partial charge in [0, 0.05) is 34.6 Å². The van der Waals surface area contributed by atoms with Crippen molar-refractivity contribution in [3.05, 3.63) is 70.3 Å². The lowest BCUT2D eigenvalue weighted by Crippen LogP contribution is -2.28. The Bertz CT molecular complexity index is 759. The van der Waals surface area contributed by atoms with Gasteiger partial charge in [0.2, 0.25) is 0 Å². The van der Waals surface area contributed by atoms with Crippen LogP contribution in [-0.4, -0.2) is 17.5 Å². The van der Waals surface area contributed by atoms with Gasteiger partial charge >= 0.3 is 0 Å². The van der Waals surface area contributed by atoms with Crippen molar-refractivity contribution in [3.63, 3.8) is 0 Å². The molecule has 0 radical (unpaired) electrons. The van der Waals surface area contributed by atoms with Crippen molar-refractivity contribution < 1.29 is 19.5 Å². The van der Waals surface area contributed by atoms with E-state index < -0.39 is 5.97 Å². The molecule has 2 aromatic rings. The number of carboxylic acids is 1. The fraction of sp³-hybridized carbons (Fsp3) is 0.0625. The number of rotatable bonds is 2. The molecule has 98 valence electrons. The van der Waals surface area contributed by atoms with E-state index >= 15 is 0 Å². The highest BCUT2D eigenvalue weighted by molar-refractivity contribution is 6.29. The minimum Gasteiger partial charge on any atom is -0.550 e. The summed E-state index contributed by atoms with van der Waals surface area (Å²) in [5.41, 5.74) is 1.43. The molecule has 1 aliphatic rings. The quantitative estimate of drug-likeness (QED) is 0.685. The molecule has 0 unspecified atom stereocenters. The molecule has 0 spiro atoms. The zero-order chi connectivity index (χ0) is 14.3. The summed E-state index contributed by atoms with van der Waals surface area (Å²) in [6, 6.07) is 11.2. The monoisotopic (exact) mass is 265 g/mol. The molecule has 0 aliphatic heterocycles. The summed E-state index contributed by atoms with van der Waals surface area (Å²) >= 11 is 0. The first-order chi connectivity index (χ1) is 9.59. The van der Waals surface area contributed by atoms with Crippen LogP contribution in [0.5, 0.6) is 0 Å². The van der Waals surface area contributed by atoms with Gasteiger partial charge in [0.05, 0.1) is 0 Å². The number of hydrogen-bond donors (Lipinski definition) is 0. The smallest absolute Gasteiger partial charge is 0.194 e. The summed E-state index contributed by atoms with van der Waals surface area (Å²) in [4.78, 5) is 35.6. The lowest BCUT2D eigenvalue weighted by molar-refractivity contribution is -0.304. The lowest BCUT2D eigenvalue weighted by atomic mass is 9.81. The lowest BCUT2D eigenvalue weighted by Gasteiger charge is -2.20. The summed E-state index contributed by atoms with van der Waals surface area (Å²) in [7, 11) is 0. The second-order valence-corrected chi connectivity index (χ2v) is 4.59. The van der Waals surface area contributed by atoms with Crippen LogP contribution in [0.25, 0.3) is 0 Å². The van der Waals surface area contributed by atoms with Crippen LogP contribution < -0.4 is 5.11 Å². The Labute approximate surface area is 114 Å². The number of ketones is 2. The van der Waals surface area contributed by atoms with Crippen LogP contribution in [0.15, 0.2) is 42.5 Å². The van der Waals surface area contributed by atoms with Crippen molar-refractivity contribution in [1.82, 2.24) is 0 Å². The number of carboxylic acid groups (broad SMARTS) is 1. The molecule has 20 heavy (non-hydrogen) atoms. The third-order valence-corrected chi connectivity index (χ3v) is 3.37. The van der Waals surface area contributed by atoms with Crippen LogP contribution in [0.4, 0.5) is 0 Å². The van der Waals surface area contributed by atoms with Crippen molar-refractivity contribution in [2.24, 2.45) is 0 Å². The number of carbonyl (C=O) groups excluding carboxylic acids is 3. The van der Waals surface area contributed by atoms with Crippen LogP contribution in [0.2, 0.25) is 0 Å². The van der Waals surface area contributed by atoms with E-state index in [1.807, 2.05) is 0 Å². The Kier molecular flexibility index (Phi) is 2.71. The van der Waals surface area contributed by atoms with Crippen LogP contribution >= 0.6 is 0 Å². The largest absolute Gasteiger partial charge is 0.550 e. The zero-order valence-electron chi connectivity index (χ0n) is 10.4. The highest BCUT2D eigenvalue weighted by Gasteiger charge is 2.30. The first-order valence-corrected chi connectivity index (χ1v) is 6.09. The maximum Gasteiger partial charge on any atom is 0.194 e. The third-order valence-electron chi connectivity index (χ3n) is 3.37. The number of fused-ring (bicyclic) bond motifs is 2. The highest BCUT2D eigenvalue weighted by Crippen LogP contribution is 2.29. The normalized spacial score (nSPS) is 12.8. The van der Waals surface area contributed by atoms with E-state index in [1.165, 1.54) is 6.07 Å². The standard InChI is InChI=1S/C16H10O4/c17-13(18)8-9-4-3-7-12-14(9)16(20)11-6-2-1-5-10(11)15(12)19/h1-7H,8H2,(H,17,18)/p-1. The van der Waals surface area contributed by atoms with Crippen LogP contribution in [-0.2, 0) is 11.2 Å². The van der Waals surface area contributed by atoms with Gasteiger partial charge in [-0.25, -0.2) is 0 Å². The number of benzene rings is 2. The van der Waals surface area contributed by atoms with Crippen molar-refractivity contribution >= 4 is 17.5 Å². The van der Waals surface area contributed by atoms with Gasteiger partial charge in [0.15, 0.2) is 11.6 Å². The molecule has 0 amide bonds. The summed E-state index contributed by atoms with van der Waals surface area (Å²) < 4.78 is 0. The topological polar surface area (TPSA) is 74.3 Å². The van der Waals surface area contributed by atoms with Gasteiger partial charge in [-0.3, -0.25) is 9.59 Å². The van der Waals surface area contributed by atoms with E-state index in [2.05, 4.69) is 0 Å². The van der Waals surface area contributed by atoms with Crippen molar-refractivity contribution in [1.29, 1.82) is 0 Å². The SMILES string of the molecule is O=C([O-])Cc1cccc2c1C(=O)c1ccccc1C2=O. The van der Waals surface area contributed by atoms with Gasteiger partial charge < -0.3 is 9.90 Å². The zero-order valence-corrected chi connectivity index (χ0v) is 10.4. The second-order valence-electron chi connectivity index (χ2n) is 4.59. The number of aliphatic carboxylic acids is 1. The molecule has 0 fully saturated rings. The second kappa shape index (κ2) is 4.42. The molecule has 0 N–H and O–H groups in total. The fourth-order valence-corrected chi connectivity index (χ4v) is 2.52. The molecular weight excluding hydrogens is 256 g/mol. The first kappa shape index (κ1) is 12.3. The Morgan fingerprint density at radius 2 is 1.45 bits per heavy atom.